The fourth-order valence-corrected chi connectivity index (χ4v) is 5.18. The van der Waals surface area contributed by atoms with E-state index in [1.54, 1.807) is 0 Å². The van der Waals surface area contributed by atoms with E-state index in [2.05, 4.69) is 39.2 Å². The lowest BCUT2D eigenvalue weighted by atomic mass is 9.49. The molecular formula is C19H31N. The van der Waals surface area contributed by atoms with Crippen molar-refractivity contribution in [1.29, 1.82) is 0 Å². The van der Waals surface area contributed by atoms with Crippen LogP contribution < -0.4 is 5.32 Å². The highest BCUT2D eigenvalue weighted by Gasteiger charge is 2.52. The Kier molecular flexibility index (Phi) is 3.30. The zero-order chi connectivity index (χ0) is 14.5. The zero-order valence-electron chi connectivity index (χ0n) is 13.6. The highest BCUT2D eigenvalue weighted by atomic mass is 14.9. The minimum atomic E-state index is 0.158. The molecule has 112 valence electrons. The second-order valence-electron chi connectivity index (χ2n) is 8.52. The van der Waals surface area contributed by atoms with Crippen molar-refractivity contribution >= 4 is 0 Å². The van der Waals surface area contributed by atoms with Crippen LogP contribution in [0, 0.1) is 28.6 Å². The predicted octanol–water partition coefficient (Wildman–Crippen LogP) is 5.26. The summed E-state index contributed by atoms with van der Waals surface area (Å²) in [5, 5.41) is 3.64. The van der Waals surface area contributed by atoms with E-state index >= 15 is 0 Å². The average Bonchev–Trinajstić information content (AvgIpc) is 2.36. The lowest BCUT2D eigenvalue weighted by Crippen LogP contribution is -2.49. The molecule has 20 heavy (non-hydrogen) atoms. The maximum absolute atomic E-state index is 4.46. The van der Waals surface area contributed by atoms with Gasteiger partial charge in [-0.05, 0) is 62.7 Å². The summed E-state index contributed by atoms with van der Waals surface area (Å²) in [6, 6.07) is 0. The second kappa shape index (κ2) is 4.64. The van der Waals surface area contributed by atoms with Crippen LogP contribution in [0.3, 0.4) is 0 Å². The minimum absolute atomic E-state index is 0.158. The Balaban J connectivity index is 1.73. The van der Waals surface area contributed by atoms with E-state index in [1.807, 2.05) is 0 Å². The summed E-state index contributed by atoms with van der Waals surface area (Å²) in [6.45, 7) is 15.5. The average molecular weight is 273 g/mol. The van der Waals surface area contributed by atoms with Crippen molar-refractivity contribution in [2.45, 2.75) is 65.7 Å². The van der Waals surface area contributed by atoms with Gasteiger partial charge in [0.05, 0.1) is 0 Å². The lowest BCUT2D eigenvalue weighted by Gasteiger charge is -2.57. The first-order valence-electron chi connectivity index (χ1n) is 8.50. The summed E-state index contributed by atoms with van der Waals surface area (Å²) in [5.41, 5.74) is 2.98. The molecule has 0 spiro atoms. The molecule has 0 heterocycles. The van der Waals surface area contributed by atoms with E-state index in [9.17, 15) is 0 Å². The van der Waals surface area contributed by atoms with Crippen molar-refractivity contribution in [2.24, 2.45) is 28.6 Å². The molecule has 0 saturated heterocycles. The van der Waals surface area contributed by atoms with Crippen LogP contribution >= 0.6 is 0 Å². The maximum atomic E-state index is 4.46. The van der Waals surface area contributed by atoms with Crippen LogP contribution in [0.15, 0.2) is 24.6 Å². The molecule has 0 aromatic heterocycles. The Morgan fingerprint density at radius 1 is 1.05 bits per heavy atom. The van der Waals surface area contributed by atoms with Crippen molar-refractivity contribution in [2.75, 3.05) is 0 Å². The van der Waals surface area contributed by atoms with Gasteiger partial charge < -0.3 is 5.32 Å². The standard InChI is InChI=1S/C19H31N/c1-6-18(4,5)13(2)20-14(3)19-10-15-7-16(11-19)9-17(8-15)12-19/h15-17,20H,2-3,6-12H2,1,4-5H3. The number of hydrogen-bond donors (Lipinski definition) is 1. The van der Waals surface area contributed by atoms with Crippen LogP contribution in [-0.4, -0.2) is 0 Å². The fourth-order valence-electron chi connectivity index (χ4n) is 5.18. The first-order chi connectivity index (χ1) is 9.34. The van der Waals surface area contributed by atoms with E-state index in [4.69, 9.17) is 0 Å². The largest absolute Gasteiger partial charge is 0.362 e. The molecule has 4 aliphatic carbocycles. The number of rotatable bonds is 5. The molecule has 1 heteroatoms. The van der Waals surface area contributed by atoms with Crippen LogP contribution in [0.5, 0.6) is 0 Å². The molecule has 0 aromatic rings. The first-order valence-corrected chi connectivity index (χ1v) is 8.50. The van der Waals surface area contributed by atoms with E-state index in [1.165, 1.54) is 44.2 Å². The molecule has 0 aromatic carbocycles. The molecule has 1 nitrogen and oxygen atoms in total. The molecule has 4 saturated carbocycles. The van der Waals surface area contributed by atoms with Gasteiger partial charge >= 0.3 is 0 Å². The summed E-state index contributed by atoms with van der Waals surface area (Å²) in [7, 11) is 0. The second-order valence-corrected chi connectivity index (χ2v) is 8.52. The molecule has 0 atom stereocenters. The molecular weight excluding hydrogens is 242 g/mol. The fraction of sp³-hybridized carbons (Fsp3) is 0.789. The van der Waals surface area contributed by atoms with Gasteiger partial charge in [0.15, 0.2) is 0 Å². The molecule has 0 radical (unpaired) electrons. The Hall–Kier alpha value is -0.720. The Morgan fingerprint density at radius 3 is 1.90 bits per heavy atom. The minimum Gasteiger partial charge on any atom is -0.362 e. The van der Waals surface area contributed by atoms with Gasteiger partial charge in [-0.25, -0.2) is 0 Å². The summed E-state index contributed by atoms with van der Waals surface area (Å²) >= 11 is 0. The molecule has 4 bridgehead atoms. The van der Waals surface area contributed by atoms with Gasteiger partial charge in [-0.3, -0.25) is 0 Å². The van der Waals surface area contributed by atoms with Gasteiger partial charge in [-0.2, -0.15) is 0 Å². The highest BCUT2D eigenvalue weighted by molar-refractivity contribution is 5.22. The maximum Gasteiger partial charge on any atom is 0.0139 e. The normalized spacial score (nSPS) is 38.9. The van der Waals surface area contributed by atoms with Gasteiger partial charge in [0, 0.05) is 22.2 Å². The SMILES string of the molecule is C=C(NC(=C)C12CC3CC(CC(C3)C1)C2)C(C)(C)CC. The first kappa shape index (κ1) is 14.2. The Labute approximate surface area is 124 Å². The van der Waals surface area contributed by atoms with Gasteiger partial charge in [-0.1, -0.05) is 33.9 Å². The van der Waals surface area contributed by atoms with Crippen LogP contribution in [0.25, 0.3) is 0 Å². The Morgan fingerprint density at radius 2 is 1.50 bits per heavy atom. The number of hydrogen-bond acceptors (Lipinski definition) is 1. The summed E-state index contributed by atoms with van der Waals surface area (Å²) in [6.07, 6.45) is 9.74. The van der Waals surface area contributed by atoms with E-state index < -0.39 is 0 Å². The van der Waals surface area contributed by atoms with E-state index in [0.717, 1.165) is 29.9 Å². The molecule has 1 N–H and O–H groups in total. The highest BCUT2D eigenvalue weighted by Crippen LogP contribution is 2.62. The lowest BCUT2D eigenvalue weighted by molar-refractivity contribution is -0.0332. The van der Waals surface area contributed by atoms with Crippen molar-refractivity contribution in [3.8, 4) is 0 Å². The van der Waals surface area contributed by atoms with Crippen LogP contribution in [0.1, 0.15) is 65.7 Å². The zero-order valence-corrected chi connectivity index (χ0v) is 13.6. The Bertz CT molecular complexity index is 394. The van der Waals surface area contributed by atoms with E-state index in [-0.39, 0.29) is 5.41 Å². The summed E-state index contributed by atoms with van der Waals surface area (Å²) < 4.78 is 0. The quantitative estimate of drug-likeness (QED) is 0.721. The van der Waals surface area contributed by atoms with Gasteiger partial charge in [0.1, 0.15) is 0 Å². The number of allylic oxidation sites excluding steroid dienone is 2. The third kappa shape index (κ3) is 2.23. The monoisotopic (exact) mass is 273 g/mol. The van der Waals surface area contributed by atoms with Crippen molar-refractivity contribution in [3.63, 3.8) is 0 Å². The van der Waals surface area contributed by atoms with Crippen molar-refractivity contribution < 1.29 is 0 Å². The van der Waals surface area contributed by atoms with Crippen molar-refractivity contribution in [3.05, 3.63) is 24.6 Å². The third-order valence-electron chi connectivity index (χ3n) is 6.68. The number of nitrogens with one attached hydrogen (secondary N) is 1. The summed E-state index contributed by atoms with van der Waals surface area (Å²) in [5.74, 6) is 2.94. The predicted molar refractivity (Wildman–Crippen MR) is 86.1 cm³/mol. The van der Waals surface area contributed by atoms with Crippen LogP contribution in [-0.2, 0) is 0 Å². The topological polar surface area (TPSA) is 12.0 Å². The summed E-state index contributed by atoms with van der Waals surface area (Å²) in [4.78, 5) is 0. The molecule has 0 amide bonds. The van der Waals surface area contributed by atoms with E-state index in [0.29, 0.717) is 5.41 Å². The van der Waals surface area contributed by atoms with Gasteiger partial charge in [-0.15, -0.1) is 0 Å². The van der Waals surface area contributed by atoms with Gasteiger partial charge in [0.2, 0.25) is 0 Å². The van der Waals surface area contributed by atoms with Crippen LogP contribution in [0.4, 0.5) is 0 Å². The van der Waals surface area contributed by atoms with Crippen molar-refractivity contribution in [1.82, 2.24) is 5.32 Å². The smallest absolute Gasteiger partial charge is 0.0139 e. The molecule has 0 unspecified atom stereocenters. The van der Waals surface area contributed by atoms with Gasteiger partial charge in [0.25, 0.3) is 0 Å². The third-order valence-corrected chi connectivity index (χ3v) is 6.68. The van der Waals surface area contributed by atoms with Crippen LogP contribution in [0.2, 0.25) is 0 Å². The molecule has 0 aliphatic heterocycles. The molecule has 4 fully saturated rings. The molecule has 4 aliphatic rings. The molecule has 4 rings (SSSR count).